The number of benzene rings is 1. The Morgan fingerprint density at radius 1 is 1.38 bits per heavy atom. The van der Waals surface area contributed by atoms with Crippen LogP contribution in [-0.2, 0) is 0 Å². The summed E-state index contributed by atoms with van der Waals surface area (Å²) in [7, 11) is 1.47. The molecule has 0 aliphatic heterocycles. The molecule has 4 nitrogen and oxygen atoms in total. The molecule has 0 amide bonds. The summed E-state index contributed by atoms with van der Waals surface area (Å²) in [5, 5.41) is 29.5. The van der Waals surface area contributed by atoms with Crippen molar-refractivity contribution in [2.75, 3.05) is 12.4 Å². The van der Waals surface area contributed by atoms with Crippen molar-refractivity contribution in [1.82, 2.24) is 0 Å². The molecule has 2 unspecified atom stereocenters. The van der Waals surface area contributed by atoms with Crippen LogP contribution in [0.25, 0.3) is 0 Å². The van der Waals surface area contributed by atoms with E-state index < -0.39 is 12.2 Å². The minimum absolute atomic E-state index is 0.0286. The molecule has 0 spiro atoms. The largest absolute Gasteiger partial charge is 0.508 e. The highest BCUT2D eigenvalue weighted by Crippen LogP contribution is 2.31. The Kier molecular flexibility index (Phi) is 5.05. The number of ether oxygens (including phenoxy) is 1. The van der Waals surface area contributed by atoms with E-state index in [-0.39, 0.29) is 5.75 Å². The fourth-order valence-corrected chi connectivity index (χ4v) is 1.90. The first-order valence-corrected chi connectivity index (χ1v) is 6.01. The highest BCUT2D eigenvalue weighted by Gasteiger charge is 2.21. The predicted octanol–water partition coefficient (Wildman–Crippen LogP) is 1.58. The standard InChI is InChI=1S/C11H15BrO4/c1-16-10-3-2-7(13)6-8(10)11(15)9(14)4-5-12/h2-3,6,9,11,13-15H,4-5H2,1H3. The number of alkyl halides is 1. The molecule has 1 aromatic rings. The predicted molar refractivity (Wildman–Crippen MR) is 64.0 cm³/mol. The summed E-state index contributed by atoms with van der Waals surface area (Å²) in [5.74, 6) is 0.472. The number of hydrogen-bond acceptors (Lipinski definition) is 4. The maximum atomic E-state index is 9.89. The van der Waals surface area contributed by atoms with Crippen LogP contribution < -0.4 is 4.74 Å². The van der Waals surface area contributed by atoms with Gasteiger partial charge in [0.2, 0.25) is 0 Å². The molecule has 0 saturated heterocycles. The van der Waals surface area contributed by atoms with Crippen molar-refractivity contribution >= 4 is 15.9 Å². The molecule has 0 radical (unpaired) electrons. The van der Waals surface area contributed by atoms with E-state index in [4.69, 9.17) is 4.74 Å². The van der Waals surface area contributed by atoms with E-state index in [1.165, 1.54) is 19.2 Å². The Labute approximate surface area is 103 Å². The van der Waals surface area contributed by atoms with Crippen LogP contribution in [0.5, 0.6) is 11.5 Å². The van der Waals surface area contributed by atoms with Gasteiger partial charge in [-0.25, -0.2) is 0 Å². The second-order valence-electron chi connectivity index (χ2n) is 3.42. The number of phenolic OH excluding ortho intramolecular Hbond substituents is 1. The number of halogens is 1. The Balaban J connectivity index is 2.96. The normalized spacial score (nSPS) is 14.5. The molecule has 0 bridgehead atoms. The van der Waals surface area contributed by atoms with Crippen molar-refractivity contribution in [3.8, 4) is 11.5 Å². The van der Waals surface area contributed by atoms with Crippen molar-refractivity contribution in [2.45, 2.75) is 18.6 Å². The minimum atomic E-state index is -1.07. The van der Waals surface area contributed by atoms with Gasteiger partial charge in [0.15, 0.2) is 0 Å². The van der Waals surface area contributed by atoms with Gasteiger partial charge in [0, 0.05) is 10.9 Å². The monoisotopic (exact) mass is 290 g/mol. The summed E-state index contributed by atoms with van der Waals surface area (Å²) in [6.45, 7) is 0. The molecular formula is C11H15BrO4. The summed E-state index contributed by atoms with van der Waals surface area (Å²) in [4.78, 5) is 0. The van der Waals surface area contributed by atoms with Gasteiger partial charge in [-0.05, 0) is 24.6 Å². The zero-order chi connectivity index (χ0) is 12.1. The van der Waals surface area contributed by atoms with Crippen LogP contribution in [-0.4, -0.2) is 33.9 Å². The Morgan fingerprint density at radius 3 is 2.62 bits per heavy atom. The van der Waals surface area contributed by atoms with Crippen LogP contribution >= 0.6 is 15.9 Å². The third-order valence-electron chi connectivity index (χ3n) is 2.30. The molecule has 3 N–H and O–H groups in total. The average Bonchev–Trinajstić information content (AvgIpc) is 2.28. The molecule has 90 valence electrons. The first-order valence-electron chi connectivity index (χ1n) is 4.89. The lowest BCUT2D eigenvalue weighted by atomic mass is 10.0. The van der Waals surface area contributed by atoms with Crippen LogP contribution in [0.3, 0.4) is 0 Å². The lowest BCUT2D eigenvalue weighted by molar-refractivity contribution is 0.0159. The second kappa shape index (κ2) is 6.08. The average molecular weight is 291 g/mol. The van der Waals surface area contributed by atoms with E-state index in [0.29, 0.717) is 23.1 Å². The molecule has 1 rings (SSSR count). The topological polar surface area (TPSA) is 69.9 Å². The van der Waals surface area contributed by atoms with Gasteiger partial charge in [0.25, 0.3) is 0 Å². The molecule has 0 saturated carbocycles. The first kappa shape index (κ1) is 13.3. The maximum Gasteiger partial charge on any atom is 0.125 e. The SMILES string of the molecule is COc1ccc(O)cc1C(O)C(O)CCBr. The Morgan fingerprint density at radius 2 is 2.06 bits per heavy atom. The summed E-state index contributed by atoms with van der Waals surface area (Å²) in [5.41, 5.74) is 0.385. The molecule has 5 heteroatoms. The van der Waals surface area contributed by atoms with Crippen molar-refractivity contribution < 1.29 is 20.1 Å². The van der Waals surface area contributed by atoms with Crippen LogP contribution in [0.4, 0.5) is 0 Å². The molecule has 0 fully saturated rings. The van der Waals surface area contributed by atoms with Crippen LogP contribution in [0.1, 0.15) is 18.1 Å². The number of methoxy groups -OCH3 is 1. The van der Waals surface area contributed by atoms with Crippen molar-refractivity contribution in [3.05, 3.63) is 23.8 Å². The van der Waals surface area contributed by atoms with Gasteiger partial charge in [-0.15, -0.1) is 0 Å². The van der Waals surface area contributed by atoms with E-state index in [2.05, 4.69) is 15.9 Å². The van der Waals surface area contributed by atoms with Crippen LogP contribution in [0, 0.1) is 0 Å². The first-order chi connectivity index (χ1) is 7.60. The van der Waals surface area contributed by atoms with E-state index in [1.54, 1.807) is 6.07 Å². The number of hydrogen-bond donors (Lipinski definition) is 3. The zero-order valence-corrected chi connectivity index (χ0v) is 10.5. The van der Waals surface area contributed by atoms with Crippen molar-refractivity contribution in [1.29, 1.82) is 0 Å². The van der Waals surface area contributed by atoms with Gasteiger partial charge in [0.05, 0.1) is 13.2 Å². The molecule has 0 aliphatic carbocycles. The lowest BCUT2D eigenvalue weighted by Crippen LogP contribution is -2.19. The number of phenols is 1. The molecule has 0 aromatic heterocycles. The smallest absolute Gasteiger partial charge is 0.125 e. The summed E-state index contributed by atoms with van der Waals surface area (Å²) in [6.07, 6.45) is -1.55. The van der Waals surface area contributed by atoms with E-state index in [1.807, 2.05) is 0 Å². The second-order valence-corrected chi connectivity index (χ2v) is 4.21. The van der Waals surface area contributed by atoms with Crippen molar-refractivity contribution in [2.24, 2.45) is 0 Å². The quantitative estimate of drug-likeness (QED) is 0.720. The highest BCUT2D eigenvalue weighted by molar-refractivity contribution is 9.09. The molecule has 16 heavy (non-hydrogen) atoms. The van der Waals surface area contributed by atoms with Crippen molar-refractivity contribution in [3.63, 3.8) is 0 Å². The third-order valence-corrected chi connectivity index (χ3v) is 2.76. The van der Waals surface area contributed by atoms with Gasteiger partial charge in [0.1, 0.15) is 17.6 Å². The Hall–Kier alpha value is -0.780. The summed E-state index contributed by atoms with van der Waals surface area (Å²) in [6, 6.07) is 4.40. The third kappa shape index (κ3) is 3.10. The lowest BCUT2D eigenvalue weighted by Gasteiger charge is -2.19. The van der Waals surface area contributed by atoms with Gasteiger partial charge >= 0.3 is 0 Å². The molecule has 2 atom stereocenters. The molecule has 0 heterocycles. The summed E-state index contributed by atoms with van der Waals surface area (Å²) < 4.78 is 5.06. The van der Waals surface area contributed by atoms with Crippen LogP contribution in [0.2, 0.25) is 0 Å². The van der Waals surface area contributed by atoms with Crippen LogP contribution in [0.15, 0.2) is 18.2 Å². The number of aliphatic hydroxyl groups is 2. The molecule has 1 aromatic carbocycles. The van der Waals surface area contributed by atoms with Gasteiger partial charge in [-0.1, -0.05) is 15.9 Å². The van der Waals surface area contributed by atoms with E-state index >= 15 is 0 Å². The number of aromatic hydroxyl groups is 1. The van der Waals surface area contributed by atoms with Gasteiger partial charge in [-0.3, -0.25) is 0 Å². The fraction of sp³-hybridized carbons (Fsp3) is 0.455. The van der Waals surface area contributed by atoms with E-state index in [0.717, 1.165) is 0 Å². The molecular weight excluding hydrogens is 276 g/mol. The molecule has 0 aliphatic rings. The maximum absolute atomic E-state index is 9.89. The minimum Gasteiger partial charge on any atom is -0.508 e. The van der Waals surface area contributed by atoms with Gasteiger partial charge < -0.3 is 20.1 Å². The summed E-state index contributed by atoms with van der Waals surface area (Å²) >= 11 is 3.19. The van der Waals surface area contributed by atoms with Gasteiger partial charge in [-0.2, -0.15) is 0 Å². The van der Waals surface area contributed by atoms with E-state index in [9.17, 15) is 15.3 Å². The number of rotatable bonds is 5. The highest BCUT2D eigenvalue weighted by atomic mass is 79.9. The fourth-order valence-electron chi connectivity index (χ4n) is 1.43. The number of aliphatic hydroxyl groups excluding tert-OH is 2. The Bertz CT molecular complexity index is 343. The zero-order valence-electron chi connectivity index (χ0n) is 8.93.